The third kappa shape index (κ3) is 2.38. The molecule has 1 rings (SSSR count). The molecule has 1 aliphatic rings. The minimum Gasteiger partial charge on any atom is -0.395 e. The fourth-order valence-electron chi connectivity index (χ4n) is 1.69. The average Bonchev–Trinajstić information content (AvgIpc) is 2.36. The van der Waals surface area contributed by atoms with Crippen LogP contribution in [0.4, 0.5) is 0 Å². The summed E-state index contributed by atoms with van der Waals surface area (Å²) in [7, 11) is 0. The highest BCUT2D eigenvalue weighted by Gasteiger charge is 2.31. The molecule has 0 heterocycles. The van der Waals surface area contributed by atoms with Crippen LogP contribution in [0.3, 0.4) is 0 Å². The summed E-state index contributed by atoms with van der Waals surface area (Å²) >= 11 is 1.89. The lowest BCUT2D eigenvalue weighted by Gasteiger charge is -2.20. The second-order valence-electron chi connectivity index (χ2n) is 3.77. The molecule has 0 saturated heterocycles. The Balaban J connectivity index is 2.33. The van der Waals surface area contributed by atoms with Gasteiger partial charge in [-0.2, -0.15) is 11.8 Å². The first-order valence-corrected chi connectivity index (χ1v) is 5.61. The lowest BCUT2D eigenvalue weighted by atomic mass is 10.1. The van der Waals surface area contributed by atoms with Crippen molar-refractivity contribution in [2.45, 2.75) is 43.2 Å². The summed E-state index contributed by atoms with van der Waals surface area (Å²) < 4.78 is 0. The summed E-state index contributed by atoms with van der Waals surface area (Å²) in [6.45, 7) is 4.57. The molecular formula is C9H19NOS. The fraction of sp³-hybridized carbons (Fsp3) is 1.00. The fourth-order valence-corrected chi connectivity index (χ4v) is 3.10. The molecule has 0 aromatic rings. The van der Waals surface area contributed by atoms with E-state index in [2.05, 4.69) is 13.8 Å². The number of nitrogens with two attached hydrogens (primary N) is 1. The predicted molar refractivity (Wildman–Crippen MR) is 54.3 cm³/mol. The summed E-state index contributed by atoms with van der Waals surface area (Å²) in [6.07, 6.45) is 2.37. The van der Waals surface area contributed by atoms with Gasteiger partial charge in [0.2, 0.25) is 0 Å². The van der Waals surface area contributed by atoms with Crippen molar-refractivity contribution in [3.8, 4) is 0 Å². The maximum absolute atomic E-state index is 8.90. The molecule has 0 spiro atoms. The first-order valence-electron chi connectivity index (χ1n) is 4.67. The first kappa shape index (κ1) is 10.4. The van der Waals surface area contributed by atoms with Crippen molar-refractivity contribution in [1.29, 1.82) is 0 Å². The number of thioether (sulfide) groups is 1. The maximum atomic E-state index is 8.90. The number of rotatable bonds is 3. The summed E-state index contributed by atoms with van der Waals surface area (Å²) in [4.78, 5) is 0. The summed E-state index contributed by atoms with van der Waals surface area (Å²) in [5.41, 5.74) is 5.91. The van der Waals surface area contributed by atoms with Crippen molar-refractivity contribution in [3.05, 3.63) is 0 Å². The van der Waals surface area contributed by atoms with Crippen molar-refractivity contribution in [2.75, 3.05) is 6.61 Å². The van der Waals surface area contributed by atoms with E-state index in [0.717, 1.165) is 6.42 Å². The van der Waals surface area contributed by atoms with E-state index >= 15 is 0 Å². The van der Waals surface area contributed by atoms with Crippen molar-refractivity contribution < 1.29 is 5.11 Å². The topological polar surface area (TPSA) is 46.2 Å². The molecule has 0 aromatic carbocycles. The van der Waals surface area contributed by atoms with E-state index in [1.807, 2.05) is 11.8 Å². The molecule has 2 nitrogen and oxygen atoms in total. The molecule has 1 aliphatic carbocycles. The van der Waals surface area contributed by atoms with Gasteiger partial charge in [0.05, 0.1) is 6.61 Å². The molecule has 4 atom stereocenters. The van der Waals surface area contributed by atoms with Crippen LogP contribution in [0.15, 0.2) is 0 Å². The van der Waals surface area contributed by atoms with E-state index in [1.54, 1.807) is 0 Å². The lowest BCUT2D eigenvalue weighted by Crippen LogP contribution is -2.27. The molecular weight excluding hydrogens is 170 g/mol. The normalized spacial score (nSPS) is 38.5. The van der Waals surface area contributed by atoms with E-state index in [4.69, 9.17) is 10.8 Å². The van der Waals surface area contributed by atoms with Gasteiger partial charge in [-0.1, -0.05) is 13.8 Å². The Morgan fingerprint density at radius 3 is 2.67 bits per heavy atom. The molecule has 0 radical (unpaired) electrons. The SMILES string of the molecule is CC(CO)SC1CCC(N)C1C. The molecule has 1 saturated carbocycles. The van der Waals surface area contributed by atoms with Crippen molar-refractivity contribution in [3.63, 3.8) is 0 Å². The van der Waals surface area contributed by atoms with Gasteiger partial charge in [0, 0.05) is 16.5 Å². The average molecular weight is 189 g/mol. The Hall–Kier alpha value is 0.270. The second kappa shape index (κ2) is 4.49. The number of hydrogen-bond acceptors (Lipinski definition) is 3. The largest absolute Gasteiger partial charge is 0.395 e. The van der Waals surface area contributed by atoms with Crippen molar-refractivity contribution in [2.24, 2.45) is 11.7 Å². The number of aliphatic hydroxyl groups excluding tert-OH is 1. The van der Waals surface area contributed by atoms with Gasteiger partial charge >= 0.3 is 0 Å². The molecule has 12 heavy (non-hydrogen) atoms. The quantitative estimate of drug-likeness (QED) is 0.702. The summed E-state index contributed by atoms with van der Waals surface area (Å²) in [5.74, 6) is 0.615. The van der Waals surface area contributed by atoms with E-state index in [0.29, 0.717) is 22.5 Å². The van der Waals surface area contributed by atoms with E-state index < -0.39 is 0 Å². The van der Waals surface area contributed by atoms with Gasteiger partial charge in [0.15, 0.2) is 0 Å². The van der Waals surface area contributed by atoms with Crippen LogP contribution in [-0.2, 0) is 0 Å². The minimum absolute atomic E-state index is 0.281. The predicted octanol–water partition coefficient (Wildman–Crippen LogP) is 1.23. The van der Waals surface area contributed by atoms with Gasteiger partial charge < -0.3 is 10.8 Å². The van der Waals surface area contributed by atoms with Crippen LogP contribution >= 0.6 is 11.8 Å². The van der Waals surface area contributed by atoms with Gasteiger partial charge in [-0.25, -0.2) is 0 Å². The van der Waals surface area contributed by atoms with Gasteiger partial charge in [-0.05, 0) is 18.8 Å². The Bertz CT molecular complexity index is 142. The monoisotopic (exact) mass is 189 g/mol. The zero-order valence-electron chi connectivity index (χ0n) is 7.86. The minimum atomic E-state index is 0.281. The van der Waals surface area contributed by atoms with Crippen LogP contribution in [0.1, 0.15) is 26.7 Å². The molecule has 0 amide bonds. The third-order valence-electron chi connectivity index (χ3n) is 2.71. The zero-order chi connectivity index (χ0) is 9.14. The maximum Gasteiger partial charge on any atom is 0.0547 e. The molecule has 3 heteroatoms. The van der Waals surface area contributed by atoms with E-state index in [1.165, 1.54) is 6.42 Å². The van der Waals surface area contributed by atoms with Gasteiger partial charge in [0.1, 0.15) is 0 Å². The number of aliphatic hydroxyl groups is 1. The molecule has 4 unspecified atom stereocenters. The van der Waals surface area contributed by atoms with Crippen LogP contribution < -0.4 is 5.73 Å². The molecule has 0 bridgehead atoms. The van der Waals surface area contributed by atoms with Crippen LogP contribution in [0.25, 0.3) is 0 Å². The molecule has 72 valence electrons. The Morgan fingerprint density at radius 1 is 1.58 bits per heavy atom. The van der Waals surface area contributed by atoms with Gasteiger partial charge in [0.25, 0.3) is 0 Å². The summed E-state index contributed by atoms with van der Waals surface area (Å²) in [6, 6.07) is 0.383. The number of hydrogen-bond donors (Lipinski definition) is 2. The molecule has 1 fully saturated rings. The Labute approximate surface area is 78.9 Å². The first-order chi connectivity index (χ1) is 5.65. The lowest BCUT2D eigenvalue weighted by molar-refractivity contribution is 0.299. The van der Waals surface area contributed by atoms with Crippen LogP contribution in [0.5, 0.6) is 0 Å². The van der Waals surface area contributed by atoms with Gasteiger partial charge in [-0.3, -0.25) is 0 Å². The zero-order valence-corrected chi connectivity index (χ0v) is 8.68. The van der Waals surface area contributed by atoms with Crippen molar-refractivity contribution in [1.82, 2.24) is 0 Å². The molecule has 3 N–H and O–H groups in total. The van der Waals surface area contributed by atoms with E-state index in [9.17, 15) is 0 Å². The highest BCUT2D eigenvalue weighted by molar-refractivity contribution is 8.00. The standard InChI is InChI=1S/C9H19NOS/c1-6(5-11)12-9-4-3-8(10)7(9)2/h6-9,11H,3-5,10H2,1-2H3. The molecule has 0 aromatic heterocycles. The highest BCUT2D eigenvalue weighted by atomic mass is 32.2. The second-order valence-corrected chi connectivity index (χ2v) is 5.45. The van der Waals surface area contributed by atoms with Gasteiger partial charge in [-0.15, -0.1) is 0 Å². The smallest absolute Gasteiger partial charge is 0.0547 e. The highest BCUT2D eigenvalue weighted by Crippen LogP contribution is 2.35. The van der Waals surface area contributed by atoms with E-state index in [-0.39, 0.29) is 6.61 Å². The van der Waals surface area contributed by atoms with Crippen LogP contribution in [0, 0.1) is 5.92 Å². The van der Waals surface area contributed by atoms with Crippen LogP contribution in [-0.4, -0.2) is 28.3 Å². The summed E-state index contributed by atoms with van der Waals surface area (Å²) in [5, 5.41) is 9.93. The Kier molecular flexibility index (Phi) is 3.87. The Morgan fingerprint density at radius 2 is 2.25 bits per heavy atom. The van der Waals surface area contributed by atoms with Crippen LogP contribution in [0.2, 0.25) is 0 Å². The third-order valence-corrected chi connectivity index (χ3v) is 4.34. The molecule has 0 aliphatic heterocycles. The van der Waals surface area contributed by atoms with Crippen molar-refractivity contribution >= 4 is 11.8 Å².